The fourth-order valence-corrected chi connectivity index (χ4v) is 3.16. The number of nitrogens with zero attached hydrogens (tertiary/aromatic N) is 1. The maximum Gasteiger partial charge on any atom is 0.338 e. The Balaban J connectivity index is 0.00000132. The summed E-state index contributed by atoms with van der Waals surface area (Å²) in [5, 5.41) is 8.63. The van der Waals surface area contributed by atoms with Crippen LogP contribution in [0.5, 0.6) is 11.5 Å². The zero-order chi connectivity index (χ0) is 22.4. The van der Waals surface area contributed by atoms with Gasteiger partial charge in [0.15, 0.2) is 0 Å². The first-order valence-corrected chi connectivity index (χ1v) is 9.32. The molecular formula is C24H21NO6. The van der Waals surface area contributed by atoms with E-state index in [9.17, 15) is 9.59 Å². The van der Waals surface area contributed by atoms with E-state index in [1.54, 1.807) is 0 Å². The van der Waals surface area contributed by atoms with Crippen molar-refractivity contribution in [3.63, 3.8) is 0 Å². The molecule has 0 aliphatic carbocycles. The molecule has 0 unspecified atom stereocenters. The normalized spacial score (nSPS) is 10.2. The second-order valence-corrected chi connectivity index (χ2v) is 6.31. The van der Waals surface area contributed by atoms with Crippen LogP contribution in [-0.4, -0.2) is 43.4 Å². The number of carbonyl (C=O) groups is 2. The van der Waals surface area contributed by atoms with Crippen LogP contribution < -0.4 is 4.74 Å². The second kappa shape index (κ2) is 9.69. The van der Waals surface area contributed by atoms with Crippen molar-refractivity contribution in [1.82, 2.24) is 4.98 Å². The molecule has 1 heterocycles. The third kappa shape index (κ3) is 4.46. The molecule has 0 aliphatic rings. The van der Waals surface area contributed by atoms with Crippen molar-refractivity contribution < 1.29 is 28.9 Å². The summed E-state index contributed by atoms with van der Waals surface area (Å²) >= 11 is 0. The number of esters is 2. The maximum atomic E-state index is 12.1. The van der Waals surface area contributed by atoms with Crippen LogP contribution >= 0.6 is 0 Å². The second-order valence-electron chi connectivity index (χ2n) is 6.31. The lowest BCUT2D eigenvalue weighted by molar-refractivity contribution is 0.0598. The van der Waals surface area contributed by atoms with Crippen LogP contribution in [0.4, 0.5) is 0 Å². The number of aliphatic hydroxyl groups is 1. The lowest BCUT2D eigenvalue weighted by Gasteiger charge is -2.14. The number of carbonyl (C=O) groups excluding carboxylic acids is 2. The van der Waals surface area contributed by atoms with Gasteiger partial charge < -0.3 is 19.3 Å². The minimum Gasteiger partial charge on any atom is -0.465 e. The molecule has 0 amide bonds. The number of fused-ring (bicyclic) bond motifs is 2. The molecular weight excluding hydrogens is 398 g/mol. The molecule has 7 nitrogen and oxygen atoms in total. The molecule has 0 saturated heterocycles. The predicted molar refractivity (Wildman–Crippen MR) is 117 cm³/mol. The number of methoxy groups -OCH3 is 2. The summed E-state index contributed by atoms with van der Waals surface area (Å²) in [5.41, 5.74) is 1.93. The molecule has 1 aromatic heterocycles. The zero-order valence-electron chi connectivity index (χ0n) is 17.3. The standard InChI is InChI=1S/C23H17NO5.CH4O/c1-27-22(25)14-11-15(23(26)28-2)13-16(12-14)29-21-17-7-3-5-9-19(17)24-20-10-6-4-8-18(20)21;1-2/h3-13H,1-2H3;2H,1H3. The van der Waals surface area contributed by atoms with Gasteiger partial charge in [-0.2, -0.15) is 0 Å². The van der Waals surface area contributed by atoms with E-state index in [4.69, 9.17) is 19.3 Å². The van der Waals surface area contributed by atoms with Crippen LogP contribution in [0, 0.1) is 0 Å². The minimum atomic E-state index is -0.579. The molecule has 3 aromatic carbocycles. The van der Waals surface area contributed by atoms with Gasteiger partial charge in [0.25, 0.3) is 0 Å². The van der Waals surface area contributed by atoms with E-state index >= 15 is 0 Å². The Morgan fingerprint density at radius 1 is 0.742 bits per heavy atom. The maximum absolute atomic E-state index is 12.1. The minimum absolute atomic E-state index is 0.188. The topological polar surface area (TPSA) is 95.0 Å². The number of aromatic nitrogens is 1. The van der Waals surface area contributed by atoms with Crippen LogP contribution in [0.25, 0.3) is 21.8 Å². The predicted octanol–water partition coefficient (Wildman–Crippen LogP) is 4.36. The highest BCUT2D eigenvalue weighted by Crippen LogP contribution is 2.36. The summed E-state index contributed by atoms with van der Waals surface area (Å²) in [6.45, 7) is 0. The van der Waals surface area contributed by atoms with E-state index in [-0.39, 0.29) is 11.1 Å². The van der Waals surface area contributed by atoms with Gasteiger partial charge in [-0.25, -0.2) is 14.6 Å². The number of ether oxygens (including phenoxy) is 3. The van der Waals surface area contributed by atoms with Gasteiger partial charge in [-0.3, -0.25) is 0 Å². The fraction of sp³-hybridized carbons (Fsp3) is 0.125. The van der Waals surface area contributed by atoms with Crippen LogP contribution in [-0.2, 0) is 9.47 Å². The Kier molecular flexibility index (Phi) is 6.79. The summed E-state index contributed by atoms with van der Waals surface area (Å²) in [6.07, 6.45) is 0. The van der Waals surface area contributed by atoms with Gasteiger partial charge in [-0.15, -0.1) is 0 Å². The van der Waals surface area contributed by atoms with Crippen molar-refractivity contribution in [2.45, 2.75) is 0 Å². The van der Waals surface area contributed by atoms with E-state index in [0.29, 0.717) is 11.5 Å². The average Bonchev–Trinajstić information content (AvgIpc) is 2.83. The Bertz CT molecular complexity index is 1160. The summed E-state index contributed by atoms with van der Waals surface area (Å²) in [4.78, 5) is 28.8. The molecule has 0 aliphatic heterocycles. The molecule has 0 spiro atoms. The summed E-state index contributed by atoms with van der Waals surface area (Å²) < 4.78 is 15.8. The Hall–Kier alpha value is -3.97. The monoisotopic (exact) mass is 419 g/mol. The van der Waals surface area contributed by atoms with Gasteiger partial charge >= 0.3 is 11.9 Å². The number of para-hydroxylation sites is 2. The first-order valence-electron chi connectivity index (χ1n) is 9.32. The average molecular weight is 419 g/mol. The molecule has 0 bridgehead atoms. The lowest BCUT2D eigenvalue weighted by atomic mass is 10.1. The molecule has 4 aromatic rings. The van der Waals surface area contributed by atoms with Crippen molar-refractivity contribution in [2.75, 3.05) is 21.3 Å². The Morgan fingerprint density at radius 2 is 1.19 bits per heavy atom. The first-order chi connectivity index (χ1) is 15.1. The third-order valence-corrected chi connectivity index (χ3v) is 4.51. The summed E-state index contributed by atoms with van der Waals surface area (Å²) in [6, 6.07) is 19.7. The van der Waals surface area contributed by atoms with Gasteiger partial charge in [-0.1, -0.05) is 24.3 Å². The number of hydrogen-bond donors (Lipinski definition) is 1. The number of pyridine rings is 1. The van der Waals surface area contributed by atoms with E-state index in [1.165, 1.54) is 32.4 Å². The smallest absolute Gasteiger partial charge is 0.338 e. The van der Waals surface area contributed by atoms with Crippen LogP contribution in [0.3, 0.4) is 0 Å². The van der Waals surface area contributed by atoms with Crippen LogP contribution in [0.2, 0.25) is 0 Å². The van der Waals surface area contributed by atoms with E-state index in [1.807, 2.05) is 48.5 Å². The highest BCUT2D eigenvalue weighted by Gasteiger charge is 2.17. The molecule has 7 heteroatoms. The highest BCUT2D eigenvalue weighted by molar-refractivity contribution is 6.01. The zero-order valence-corrected chi connectivity index (χ0v) is 17.3. The van der Waals surface area contributed by atoms with Crippen molar-refractivity contribution in [3.8, 4) is 11.5 Å². The van der Waals surface area contributed by atoms with E-state index < -0.39 is 11.9 Å². The number of hydrogen-bond acceptors (Lipinski definition) is 7. The van der Waals surface area contributed by atoms with Crippen molar-refractivity contribution in [3.05, 3.63) is 77.9 Å². The molecule has 0 radical (unpaired) electrons. The quantitative estimate of drug-likeness (QED) is 0.388. The number of aliphatic hydroxyl groups excluding tert-OH is 1. The van der Waals surface area contributed by atoms with Gasteiger partial charge in [0.1, 0.15) is 11.5 Å². The first kappa shape index (κ1) is 21.7. The van der Waals surface area contributed by atoms with Gasteiger partial charge in [0.2, 0.25) is 0 Å². The van der Waals surface area contributed by atoms with E-state index in [0.717, 1.165) is 28.9 Å². The van der Waals surface area contributed by atoms with Crippen molar-refractivity contribution in [2.24, 2.45) is 0 Å². The molecule has 158 valence electrons. The largest absolute Gasteiger partial charge is 0.465 e. The molecule has 31 heavy (non-hydrogen) atoms. The third-order valence-electron chi connectivity index (χ3n) is 4.51. The number of benzene rings is 3. The fourth-order valence-electron chi connectivity index (χ4n) is 3.16. The van der Waals surface area contributed by atoms with Crippen LogP contribution in [0.15, 0.2) is 66.7 Å². The van der Waals surface area contributed by atoms with Gasteiger partial charge in [-0.05, 0) is 42.5 Å². The molecule has 0 saturated carbocycles. The molecule has 4 rings (SSSR count). The lowest BCUT2D eigenvalue weighted by Crippen LogP contribution is -2.07. The molecule has 1 N–H and O–H groups in total. The van der Waals surface area contributed by atoms with Crippen molar-refractivity contribution in [1.29, 1.82) is 0 Å². The molecule has 0 fully saturated rings. The van der Waals surface area contributed by atoms with Gasteiger partial charge in [0, 0.05) is 17.9 Å². The summed E-state index contributed by atoms with van der Waals surface area (Å²) in [5.74, 6) is -0.256. The number of rotatable bonds is 4. The van der Waals surface area contributed by atoms with Crippen LogP contribution in [0.1, 0.15) is 20.7 Å². The highest BCUT2D eigenvalue weighted by atomic mass is 16.5. The van der Waals surface area contributed by atoms with Gasteiger partial charge in [0.05, 0.1) is 36.4 Å². The van der Waals surface area contributed by atoms with Crippen molar-refractivity contribution >= 4 is 33.7 Å². The summed E-state index contributed by atoms with van der Waals surface area (Å²) in [7, 11) is 3.55. The Morgan fingerprint density at radius 3 is 1.65 bits per heavy atom. The Labute approximate surface area is 178 Å². The SMILES string of the molecule is CO.COC(=O)c1cc(Oc2c3ccccc3nc3ccccc23)cc(C(=O)OC)c1. The van der Waals surface area contributed by atoms with E-state index in [2.05, 4.69) is 4.98 Å². The molecule has 0 atom stereocenters.